The van der Waals surface area contributed by atoms with Gasteiger partial charge in [-0.1, -0.05) is 13.8 Å². The van der Waals surface area contributed by atoms with Crippen LogP contribution in [0.2, 0.25) is 0 Å². The Hall–Kier alpha value is -1.20. The first-order valence-corrected chi connectivity index (χ1v) is 6.11. The largest absolute Gasteiger partial charge is 0.496 e. The van der Waals surface area contributed by atoms with Crippen LogP contribution in [0.1, 0.15) is 19.4 Å². The smallest absolute Gasteiger partial charge is 0.167 e. The molecule has 0 saturated heterocycles. The predicted octanol–water partition coefficient (Wildman–Crippen LogP) is 2.42. The molecule has 1 aromatic carbocycles. The molecule has 0 fully saturated rings. The quantitative estimate of drug-likeness (QED) is 0.864. The monoisotopic (exact) mass is 273 g/mol. The second-order valence-corrected chi connectivity index (χ2v) is 5.54. The van der Waals surface area contributed by atoms with Crippen LogP contribution in [-0.2, 0) is 6.54 Å². The van der Waals surface area contributed by atoms with E-state index in [1.165, 1.54) is 13.2 Å². The van der Waals surface area contributed by atoms with Gasteiger partial charge in [-0.3, -0.25) is 0 Å². The molecule has 108 valence electrons. The zero-order valence-electron chi connectivity index (χ0n) is 11.8. The lowest BCUT2D eigenvalue weighted by Gasteiger charge is -2.28. The molecular formula is C14H21F2NO2. The SMILES string of the molecule is COc1ccc(F)c(F)c1CN(C)CC(C)(C)CO. The van der Waals surface area contributed by atoms with Crippen LogP contribution in [0.15, 0.2) is 12.1 Å². The molecule has 0 aliphatic carbocycles. The average Bonchev–Trinajstić information content (AvgIpc) is 2.35. The number of hydrogen-bond acceptors (Lipinski definition) is 3. The number of aliphatic hydroxyl groups excluding tert-OH is 1. The van der Waals surface area contributed by atoms with Gasteiger partial charge in [0.25, 0.3) is 0 Å². The highest BCUT2D eigenvalue weighted by Gasteiger charge is 2.21. The molecule has 0 bridgehead atoms. The van der Waals surface area contributed by atoms with Gasteiger partial charge in [0.2, 0.25) is 0 Å². The highest BCUT2D eigenvalue weighted by atomic mass is 19.2. The topological polar surface area (TPSA) is 32.7 Å². The van der Waals surface area contributed by atoms with E-state index < -0.39 is 11.6 Å². The molecule has 0 aliphatic rings. The van der Waals surface area contributed by atoms with Crippen LogP contribution in [0.3, 0.4) is 0 Å². The molecular weight excluding hydrogens is 252 g/mol. The molecule has 0 saturated carbocycles. The van der Waals surface area contributed by atoms with Gasteiger partial charge in [-0.05, 0) is 19.2 Å². The number of ether oxygens (including phenoxy) is 1. The fraction of sp³-hybridized carbons (Fsp3) is 0.571. The van der Waals surface area contributed by atoms with Crippen LogP contribution in [0.4, 0.5) is 8.78 Å². The Balaban J connectivity index is 2.90. The van der Waals surface area contributed by atoms with E-state index in [0.717, 1.165) is 6.07 Å². The molecule has 0 radical (unpaired) electrons. The van der Waals surface area contributed by atoms with Crippen molar-refractivity contribution in [3.8, 4) is 5.75 Å². The summed E-state index contributed by atoms with van der Waals surface area (Å²) in [7, 11) is 3.22. The molecule has 0 amide bonds. The first-order chi connectivity index (χ1) is 8.80. The Bertz CT molecular complexity index is 436. The third kappa shape index (κ3) is 4.14. The molecule has 1 N–H and O–H groups in total. The van der Waals surface area contributed by atoms with E-state index in [0.29, 0.717) is 12.3 Å². The molecule has 0 aromatic heterocycles. The van der Waals surface area contributed by atoms with Crippen LogP contribution in [-0.4, -0.2) is 37.3 Å². The number of nitrogens with zero attached hydrogens (tertiary/aromatic N) is 1. The van der Waals surface area contributed by atoms with Crippen LogP contribution in [0.25, 0.3) is 0 Å². The summed E-state index contributed by atoms with van der Waals surface area (Å²) in [5.41, 5.74) is -0.107. The van der Waals surface area contributed by atoms with E-state index >= 15 is 0 Å². The summed E-state index contributed by atoms with van der Waals surface area (Å²) in [6, 6.07) is 2.47. The van der Waals surface area contributed by atoms with E-state index in [2.05, 4.69) is 0 Å². The summed E-state index contributed by atoms with van der Waals surface area (Å²) in [5, 5.41) is 9.22. The second-order valence-electron chi connectivity index (χ2n) is 5.54. The maximum Gasteiger partial charge on any atom is 0.167 e. The van der Waals surface area contributed by atoms with Crippen molar-refractivity contribution in [1.29, 1.82) is 0 Å². The lowest BCUT2D eigenvalue weighted by molar-refractivity contribution is 0.111. The lowest BCUT2D eigenvalue weighted by Crippen LogP contribution is -2.33. The van der Waals surface area contributed by atoms with Crippen molar-refractivity contribution in [3.63, 3.8) is 0 Å². The van der Waals surface area contributed by atoms with Gasteiger partial charge >= 0.3 is 0 Å². The van der Waals surface area contributed by atoms with Gasteiger partial charge in [-0.2, -0.15) is 0 Å². The van der Waals surface area contributed by atoms with Crippen molar-refractivity contribution in [2.75, 3.05) is 27.3 Å². The number of rotatable bonds is 6. The standard InChI is InChI=1S/C14H21F2NO2/c1-14(2,9-18)8-17(3)7-10-12(19-4)6-5-11(15)13(10)16/h5-6,18H,7-9H2,1-4H3. The van der Waals surface area contributed by atoms with Gasteiger partial charge in [0.1, 0.15) is 5.75 Å². The molecule has 3 nitrogen and oxygen atoms in total. The van der Waals surface area contributed by atoms with E-state index in [1.807, 2.05) is 18.7 Å². The summed E-state index contributed by atoms with van der Waals surface area (Å²) in [5.74, 6) is -1.44. The molecule has 1 aromatic rings. The first kappa shape index (κ1) is 15.9. The predicted molar refractivity (Wildman–Crippen MR) is 70.1 cm³/mol. The second kappa shape index (κ2) is 6.30. The van der Waals surface area contributed by atoms with Crippen molar-refractivity contribution in [2.24, 2.45) is 5.41 Å². The molecule has 0 atom stereocenters. The minimum Gasteiger partial charge on any atom is -0.496 e. The maximum absolute atomic E-state index is 13.8. The maximum atomic E-state index is 13.8. The van der Waals surface area contributed by atoms with E-state index in [9.17, 15) is 13.9 Å². The Morgan fingerprint density at radius 2 is 1.95 bits per heavy atom. The first-order valence-electron chi connectivity index (χ1n) is 6.11. The van der Waals surface area contributed by atoms with Crippen LogP contribution < -0.4 is 4.74 Å². The lowest BCUT2D eigenvalue weighted by atomic mass is 9.94. The molecule has 5 heteroatoms. The van der Waals surface area contributed by atoms with Crippen molar-refractivity contribution < 1.29 is 18.6 Å². The normalized spacial score (nSPS) is 12.0. The van der Waals surface area contributed by atoms with Crippen molar-refractivity contribution in [2.45, 2.75) is 20.4 Å². The van der Waals surface area contributed by atoms with Crippen molar-refractivity contribution >= 4 is 0 Å². The average molecular weight is 273 g/mol. The Labute approximate surface area is 112 Å². The van der Waals surface area contributed by atoms with Crippen molar-refractivity contribution in [1.82, 2.24) is 4.90 Å². The fourth-order valence-electron chi connectivity index (χ4n) is 2.02. The van der Waals surface area contributed by atoms with Gasteiger partial charge in [-0.15, -0.1) is 0 Å². The number of hydrogen-bond donors (Lipinski definition) is 1. The fourth-order valence-corrected chi connectivity index (χ4v) is 2.02. The number of aliphatic hydroxyl groups is 1. The van der Waals surface area contributed by atoms with Crippen LogP contribution in [0.5, 0.6) is 5.75 Å². The van der Waals surface area contributed by atoms with Gasteiger partial charge in [0.05, 0.1) is 7.11 Å². The van der Waals surface area contributed by atoms with Gasteiger partial charge in [-0.25, -0.2) is 8.78 Å². The molecule has 19 heavy (non-hydrogen) atoms. The third-order valence-electron chi connectivity index (χ3n) is 2.93. The Morgan fingerprint density at radius 3 is 2.47 bits per heavy atom. The molecule has 0 spiro atoms. The van der Waals surface area contributed by atoms with E-state index in [1.54, 1.807) is 7.05 Å². The summed E-state index contributed by atoms with van der Waals surface area (Å²) in [6.07, 6.45) is 0. The molecule has 0 aliphatic heterocycles. The van der Waals surface area contributed by atoms with Crippen LogP contribution in [0, 0.1) is 17.0 Å². The van der Waals surface area contributed by atoms with E-state index in [4.69, 9.17) is 4.74 Å². The Kier molecular flexibility index (Phi) is 5.26. The number of methoxy groups -OCH3 is 1. The Morgan fingerprint density at radius 1 is 1.32 bits per heavy atom. The zero-order chi connectivity index (χ0) is 14.6. The molecule has 1 rings (SSSR count). The minimum atomic E-state index is -0.884. The van der Waals surface area contributed by atoms with Gasteiger partial charge in [0, 0.05) is 30.7 Å². The number of benzene rings is 1. The zero-order valence-corrected chi connectivity index (χ0v) is 11.8. The highest BCUT2D eigenvalue weighted by molar-refractivity contribution is 5.35. The third-order valence-corrected chi connectivity index (χ3v) is 2.93. The molecule has 0 unspecified atom stereocenters. The minimum absolute atomic E-state index is 0.0279. The van der Waals surface area contributed by atoms with Gasteiger partial charge < -0.3 is 14.7 Å². The number of halogens is 2. The summed E-state index contributed by atoms with van der Waals surface area (Å²) in [6.45, 7) is 4.62. The molecule has 0 heterocycles. The summed E-state index contributed by atoms with van der Waals surface area (Å²) in [4.78, 5) is 1.83. The van der Waals surface area contributed by atoms with Gasteiger partial charge in [0.15, 0.2) is 11.6 Å². The van der Waals surface area contributed by atoms with E-state index in [-0.39, 0.29) is 24.1 Å². The van der Waals surface area contributed by atoms with Crippen molar-refractivity contribution in [3.05, 3.63) is 29.3 Å². The highest BCUT2D eigenvalue weighted by Crippen LogP contribution is 2.26. The summed E-state index contributed by atoms with van der Waals surface area (Å²) < 4.78 is 32.1. The van der Waals surface area contributed by atoms with Crippen LogP contribution >= 0.6 is 0 Å². The summed E-state index contributed by atoms with van der Waals surface area (Å²) >= 11 is 0.